The largest absolute Gasteiger partial charge is 0.325 e. The number of sulfone groups is 1. The molecule has 1 saturated carbocycles. The lowest BCUT2D eigenvalue weighted by molar-refractivity contribution is 0.0923. The van der Waals surface area contributed by atoms with Crippen LogP contribution in [0, 0.1) is 12.8 Å². The van der Waals surface area contributed by atoms with Crippen LogP contribution >= 0.6 is 11.3 Å². The third-order valence-corrected chi connectivity index (χ3v) is 8.31. The van der Waals surface area contributed by atoms with Crippen molar-refractivity contribution in [3.63, 3.8) is 0 Å². The van der Waals surface area contributed by atoms with E-state index in [-0.39, 0.29) is 27.7 Å². The lowest BCUT2D eigenvalue weighted by Crippen LogP contribution is -2.22. The minimum Gasteiger partial charge on any atom is -0.325 e. The SMILES string of the molecule is Cc1ccc(NC(=O)Nc2ncc(CS(=O)(=O)c3nccn3C)s2)c(C(=O)C2CCCC2)c1. The Morgan fingerprint density at radius 3 is 2.64 bits per heavy atom. The molecule has 1 fully saturated rings. The van der Waals surface area contributed by atoms with E-state index >= 15 is 0 Å². The van der Waals surface area contributed by atoms with E-state index in [1.165, 1.54) is 17.0 Å². The standard InChI is InChI=1S/C22H25N5O4S2/c1-14-7-8-18(17(11-14)19(28)15-5-3-4-6-15)25-20(29)26-21-24-12-16(32-21)13-33(30,31)22-23-9-10-27(22)2/h7-12,15H,3-6,13H2,1-2H3,(H2,24,25,26,29). The Morgan fingerprint density at radius 1 is 1.18 bits per heavy atom. The molecule has 11 heteroatoms. The number of anilines is 2. The molecule has 2 heterocycles. The zero-order chi connectivity index (χ0) is 23.6. The van der Waals surface area contributed by atoms with Gasteiger partial charge in [0, 0.05) is 42.0 Å². The van der Waals surface area contributed by atoms with Gasteiger partial charge in [-0.25, -0.2) is 23.2 Å². The van der Waals surface area contributed by atoms with Crippen molar-refractivity contribution in [2.24, 2.45) is 13.0 Å². The number of hydrogen-bond donors (Lipinski definition) is 2. The van der Waals surface area contributed by atoms with E-state index < -0.39 is 15.9 Å². The Kier molecular flexibility index (Phi) is 6.61. The molecule has 0 spiro atoms. The minimum absolute atomic E-state index is 0.00222. The highest BCUT2D eigenvalue weighted by molar-refractivity contribution is 7.90. The maximum Gasteiger partial charge on any atom is 0.325 e. The van der Waals surface area contributed by atoms with Crippen LogP contribution in [0.15, 0.2) is 41.9 Å². The first-order chi connectivity index (χ1) is 15.7. The molecule has 2 aromatic heterocycles. The first kappa shape index (κ1) is 23.1. The number of aryl methyl sites for hydroxylation is 2. The molecule has 1 aliphatic carbocycles. The van der Waals surface area contributed by atoms with Gasteiger partial charge < -0.3 is 9.88 Å². The van der Waals surface area contributed by atoms with E-state index in [9.17, 15) is 18.0 Å². The van der Waals surface area contributed by atoms with Crippen LogP contribution < -0.4 is 10.6 Å². The summed E-state index contributed by atoms with van der Waals surface area (Å²) in [5.41, 5.74) is 1.91. The highest BCUT2D eigenvalue weighted by atomic mass is 32.2. The number of benzene rings is 1. The van der Waals surface area contributed by atoms with E-state index in [2.05, 4.69) is 20.6 Å². The molecule has 33 heavy (non-hydrogen) atoms. The molecule has 2 N–H and O–H groups in total. The maximum atomic E-state index is 13.0. The van der Waals surface area contributed by atoms with Crippen molar-refractivity contribution in [3.8, 4) is 0 Å². The molecule has 174 valence electrons. The van der Waals surface area contributed by atoms with Gasteiger partial charge in [0.05, 0.1) is 11.4 Å². The van der Waals surface area contributed by atoms with Crippen LogP contribution in [0.5, 0.6) is 0 Å². The molecule has 9 nitrogen and oxygen atoms in total. The predicted octanol–water partition coefficient (Wildman–Crippen LogP) is 4.18. The van der Waals surface area contributed by atoms with Crippen molar-refractivity contribution in [2.75, 3.05) is 10.6 Å². The second-order valence-corrected chi connectivity index (χ2v) is 11.2. The molecule has 0 saturated heterocycles. The van der Waals surface area contributed by atoms with Crippen molar-refractivity contribution in [1.29, 1.82) is 0 Å². The Balaban J connectivity index is 1.43. The van der Waals surface area contributed by atoms with Gasteiger partial charge >= 0.3 is 6.03 Å². The monoisotopic (exact) mass is 487 g/mol. The summed E-state index contributed by atoms with van der Waals surface area (Å²) in [6.07, 6.45) is 8.26. The van der Waals surface area contributed by atoms with Crippen molar-refractivity contribution in [2.45, 2.75) is 43.5 Å². The summed E-state index contributed by atoms with van der Waals surface area (Å²) in [5.74, 6) is -0.211. The van der Waals surface area contributed by atoms with Gasteiger partial charge in [-0.05, 0) is 31.9 Å². The molecular weight excluding hydrogens is 462 g/mol. The van der Waals surface area contributed by atoms with Crippen LogP contribution in [0.3, 0.4) is 0 Å². The number of nitrogens with zero attached hydrogens (tertiary/aromatic N) is 3. The maximum absolute atomic E-state index is 13.0. The van der Waals surface area contributed by atoms with Crippen LogP contribution in [0.1, 0.15) is 46.5 Å². The minimum atomic E-state index is -3.64. The fraction of sp³-hybridized carbons (Fsp3) is 0.364. The summed E-state index contributed by atoms with van der Waals surface area (Å²) in [5, 5.41) is 5.60. The molecule has 0 aliphatic heterocycles. The van der Waals surface area contributed by atoms with Gasteiger partial charge in [0.1, 0.15) is 0 Å². The number of rotatable bonds is 7. The molecule has 0 atom stereocenters. The number of ketones is 1. The molecule has 0 bridgehead atoms. The van der Waals surface area contributed by atoms with E-state index in [1.807, 2.05) is 13.0 Å². The molecule has 0 radical (unpaired) electrons. The topological polar surface area (TPSA) is 123 Å². The van der Waals surface area contributed by atoms with Crippen LogP contribution in [-0.4, -0.2) is 34.8 Å². The summed E-state index contributed by atoms with van der Waals surface area (Å²) in [7, 11) is -2.02. The number of carbonyl (C=O) groups is 2. The third-order valence-electron chi connectivity index (χ3n) is 5.58. The molecule has 3 aromatic rings. The smallest absolute Gasteiger partial charge is 0.325 e. The first-order valence-electron chi connectivity index (χ1n) is 10.6. The normalized spacial score (nSPS) is 14.4. The molecule has 4 rings (SSSR count). The Bertz CT molecular complexity index is 1290. The van der Waals surface area contributed by atoms with E-state index in [4.69, 9.17) is 0 Å². The van der Waals surface area contributed by atoms with E-state index in [0.717, 1.165) is 42.6 Å². The Hall–Kier alpha value is -3.05. The van der Waals surface area contributed by atoms with Gasteiger partial charge in [0.2, 0.25) is 15.0 Å². The lowest BCUT2D eigenvalue weighted by atomic mass is 9.94. The number of amides is 2. The van der Waals surface area contributed by atoms with Crippen LogP contribution in [0.25, 0.3) is 0 Å². The van der Waals surface area contributed by atoms with Gasteiger partial charge in [0.15, 0.2) is 10.9 Å². The number of urea groups is 1. The van der Waals surface area contributed by atoms with Crippen molar-refractivity contribution in [3.05, 3.63) is 52.8 Å². The van der Waals surface area contributed by atoms with E-state index in [1.54, 1.807) is 25.4 Å². The highest BCUT2D eigenvalue weighted by Gasteiger charge is 2.26. The zero-order valence-corrected chi connectivity index (χ0v) is 20.0. The van der Waals surface area contributed by atoms with Crippen LogP contribution in [0.4, 0.5) is 15.6 Å². The number of aromatic nitrogens is 3. The Labute approximate surface area is 196 Å². The summed E-state index contributed by atoms with van der Waals surface area (Å²) in [6, 6.07) is 4.82. The highest BCUT2D eigenvalue weighted by Crippen LogP contribution is 2.31. The number of carbonyl (C=O) groups excluding carboxylic acids is 2. The molecular formula is C22H25N5O4S2. The van der Waals surface area contributed by atoms with Crippen LogP contribution in [0.2, 0.25) is 0 Å². The van der Waals surface area contributed by atoms with E-state index in [0.29, 0.717) is 16.1 Å². The molecule has 2 amide bonds. The van der Waals surface area contributed by atoms with Gasteiger partial charge in [-0.2, -0.15) is 0 Å². The predicted molar refractivity (Wildman–Crippen MR) is 126 cm³/mol. The number of imidazole rings is 1. The summed E-state index contributed by atoms with van der Waals surface area (Å²) >= 11 is 1.07. The first-order valence-corrected chi connectivity index (χ1v) is 13.1. The number of Topliss-reactive ketones (excluding diaryl/α,β-unsaturated/α-hetero) is 1. The second-order valence-electron chi connectivity index (χ2n) is 8.19. The zero-order valence-electron chi connectivity index (χ0n) is 18.4. The molecule has 1 aliphatic rings. The Morgan fingerprint density at radius 2 is 1.94 bits per heavy atom. The summed E-state index contributed by atoms with van der Waals surface area (Å²) < 4.78 is 26.6. The lowest BCUT2D eigenvalue weighted by Gasteiger charge is -2.14. The van der Waals surface area contributed by atoms with Crippen LogP contribution in [-0.2, 0) is 22.6 Å². The fourth-order valence-corrected chi connectivity index (χ4v) is 6.57. The van der Waals surface area contributed by atoms with Gasteiger partial charge in [-0.1, -0.05) is 24.5 Å². The fourth-order valence-electron chi connectivity index (χ4n) is 3.97. The van der Waals surface area contributed by atoms with Gasteiger partial charge in [0.25, 0.3) is 0 Å². The molecule has 0 unspecified atom stereocenters. The third kappa shape index (κ3) is 5.31. The average Bonchev–Trinajstić information content (AvgIpc) is 3.51. The van der Waals surface area contributed by atoms with Crippen molar-refractivity contribution < 1.29 is 18.0 Å². The van der Waals surface area contributed by atoms with Crippen molar-refractivity contribution in [1.82, 2.24) is 14.5 Å². The molecule has 1 aromatic carbocycles. The van der Waals surface area contributed by atoms with Crippen molar-refractivity contribution >= 4 is 43.8 Å². The quantitative estimate of drug-likeness (QED) is 0.482. The average molecular weight is 488 g/mol. The van der Waals surface area contributed by atoms with Gasteiger partial charge in [-0.3, -0.25) is 10.1 Å². The summed E-state index contributed by atoms with van der Waals surface area (Å²) in [6.45, 7) is 1.91. The number of thiazole rings is 1. The second kappa shape index (κ2) is 9.44. The van der Waals surface area contributed by atoms with Gasteiger partial charge in [-0.15, -0.1) is 11.3 Å². The number of hydrogen-bond acceptors (Lipinski definition) is 7. The number of nitrogens with one attached hydrogen (secondary N) is 2. The summed E-state index contributed by atoms with van der Waals surface area (Å²) in [4.78, 5) is 34.0.